The van der Waals surface area contributed by atoms with E-state index in [2.05, 4.69) is 0 Å². The fourth-order valence-corrected chi connectivity index (χ4v) is 3.35. The maximum atomic E-state index is 12.4. The van der Waals surface area contributed by atoms with E-state index < -0.39 is 7.59 Å². The lowest BCUT2D eigenvalue weighted by Crippen LogP contribution is -2.31. The molecule has 0 aliphatic heterocycles. The topological polar surface area (TPSA) is 49.6 Å². The molecule has 0 aliphatic rings. The summed E-state index contributed by atoms with van der Waals surface area (Å²) in [6.45, 7) is 5.00. The van der Waals surface area contributed by atoms with Crippen LogP contribution in [-0.2, 0) is 4.57 Å². The lowest BCUT2D eigenvalue weighted by atomic mass is 10.3. The quantitative estimate of drug-likeness (QED) is 0.654. The maximum absolute atomic E-state index is 12.4. The van der Waals surface area contributed by atoms with Crippen molar-refractivity contribution in [3.05, 3.63) is 30.3 Å². The molecule has 0 heterocycles. The first-order chi connectivity index (χ1) is 7.54. The Labute approximate surface area is 102 Å². The summed E-state index contributed by atoms with van der Waals surface area (Å²) in [7, 11) is -3.18. The molecule has 1 atom stereocenters. The average Bonchev–Trinajstić information content (AvgIpc) is 2.30. The number of rotatable bonds is 5. The summed E-state index contributed by atoms with van der Waals surface area (Å²) in [5.41, 5.74) is 6.47. The molecule has 4 nitrogen and oxygen atoms in total. The van der Waals surface area contributed by atoms with Crippen LogP contribution in [0.2, 0.25) is 0 Å². The van der Waals surface area contributed by atoms with Crippen molar-refractivity contribution in [3.63, 3.8) is 0 Å². The van der Waals surface area contributed by atoms with Gasteiger partial charge in [0.1, 0.15) is 0 Å². The number of nitrogens with zero attached hydrogens (tertiary/aromatic N) is 2. The lowest BCUT2D eigenvalue weighted by molar-refractivity contribution is 0.444. The van der Waals surface area contributed by atoms with Crippen molar-refractivity contribution >= 4 is 25.1 Å². The molecule has 1 aromatic carbocycles. The minimum atomic E-state index is -3.18. The van der Waals surface area contributed by atoms with Gasteiger partial charge in [-0.15, -0.1) is 0 Å². The van der Waals surface area contributed by atoms with Gasteiger partial charge in [-0.3, -0.25) is 10.1 Å². The van der Waals surface area contributed by atoms with Crippen molar-refractivity contribution in [2.45, 2.75) is 13.8 Å². The lowest BCUT2D eigenvalue weighted by Gasteiger charge is -2.31. The van der Waals surface area contributed by atoms with E-state index in [1.165, 1.54) is 0 Å². The zero-order valence-electron chi connectivity index (χ0n) is 9.51. The molecule has 0 amide bonds. The second-order valence-corrected chi connectivity index (χ2v) is 6.04. The third-order valence-electron chi connectivity index (χ3n) is 2.36. The molecule has 90 valence electrons. The van der Waals surface area contributed by atoms with E-state index in [0.29, 0.717) is 18.8 Å². The van der Waals surface area contributed by atoms with Crippen molar-refractivity contribution in [2.75, 3.05) is 17.3 Å². The van der Waals surface area contributed by atoms with Crippen molar-refractivity contribution < 1.29 is 4.57 Å². The summed E-state index contributed by atoms with van der Waals surface area (Å²) in [5, 5.41) is 0. The van der Waals surface area contributed by atoms with Crippen molar-refractivity contribution in [2.24, 2.45) is 5.50 Å². The van der Waals surface area contributed by atoms with Crippen LogP contribution < -0.4 is 9.69 Å². The van der Waals surface area contributed by atoms with Crippen LogP contribution in [0, 0.1) is 0 Å². The van der Waals surface area contributed by atoms with E-state index in [1.54, 1.807) is 16.8 Å². The van der Waals surface area contributed by atoms with Gasteiger partial charge in [0.05, 0.1) is 5.69 Å². The molecule has 2 N–H and O–H groups in total. The van der Waals surface area contributed by atoms with Crippen LogP contribution in [0.15, 0.2) is 30.3 Å². The number of para-hydroxylation sites is 1. The van der Waals surface area contributed by atoms with Gasteiger partial charge >= 0.3 is 7.59 Å². The van der Waals surface area contributed by atoms with Gasteiger partial charge < -0.3 is 0 Å². The zero-order valence-corrected chi connectivity index (χ0v) is 11.2. The monoisotopic (exact) mass is 261 g/mol. The predicted octanol–water partition coefficient (Wildman–Crippen LogP) is 3.06. The van der Waals surface area contributed by atoms with Crippen LogP contribution in [0.25, 0.3) is 0 Å². The summed E-state index contributed by atoms with van der Waals surface area (Å²) < 4.78 is 15.2. The highest BCUT2D eigenvalue weighted by Gasteiger charge is 2.30. The van der Waals surface area contributed by atoms with Gasteiger partial charge in [0.2, 0.25) is 0 Å². The van der Waals surface area contributed by atoms with Crippen LogP contribution in [0.5, 0.6) is 0 Å². The Morgan fingerprint density at radius 1 is 1.25 bits per heavy atom. The molecule has 1 aromatic rings. The van der Waals surface area contributed by atoms with E-state index in [9.17, 15) is 4.57 Å². The highest BCUT2D eigenvalue weighted by atomic mass is 35.5. The zero-order chi connectivity index (χ0) is 12.2. The van der Waals surface area contributed by atoms with E-state index >= 15 is 0 Å². The Morgan fingerprint density at radius 3 is 2.19 bits per heavy atom. The molecule has 1 rings (SSSR count). The second-order valence-electron chi connectivity index (χ2n) is 3.32. The molecular weight excluding hydrogens is 245 g/mol. The number of hydrogen-bond donors (Lipinski definition) is 1. The molecule has 0 aliphatic carbocycles. The summed E-state index contributed by atoms with van der Waals surface area (Å²) in [4.78, 5) is 0. The number of anilines is 1. The molecule has 16 heavy (non-hydrogen) atoms. The van der Waals surface area contributed by atoms with Gasteiger partial charge in [-0.2, -0.15) is 0 Å². The van der Waals surface area contributed by atoms with Gasteiger partial charge in [-0.25, -0.2) is 8.86 Å². The van der Waals surface area contributed by atoms with Crippen LogP contribution in [-0.4, -0.2) is 17.8 Å². The molecule has 1 unspecified atom stereocenters. The number of hydrogen-bond acceptors (Lipinski definition) is 1. The van der Waals surface area contributed by atoms with Gasteiger partial charge in [0.25, 0.3) is 0 Å². The first-order valence-corrected chi connectivity index (χ1v) is 7.21. The summed E-state index contributed by atoms with van der Waals surface area (Å²) in [6, 6.07) is 9.07. The molecular formula is C10H17ClN3OP. The Kier molecular flexibility index (Phi) is 4.81. The normalized spacial score (nSPS) is 14.8. The molecule has 0 saturated carbocycles. The first-order valence-electron chi connectivity index (χ1n) is 5.19. The number of benzene rings is 1. The first kappa shape index (κ1) is 13.5. The number of nitrogens with two attached hydrogens (primary N) is 1. The maximum Gasteiger partial charge on any atom is 0.320 e. The molecule has 0 aromatic heterocycles. The van der Waals surface area contributed by atoms with Gasteiger partial charge in [-0.05, 0) is 12.1 Å². The molecule has 0 radical (unpaired) electrons. The van der Waals surface area contributed by atoms with E-state index in [-0.39, 0.29) is 0 Å². The minimum absolute atomic E-state index is 0.598. The smallest absolute Gasteiger partial charge is 0.263 e. The predicted molar refractivity (Wildman–Crippen MR) is 69.5 cm³/mol. The summed E-state index contributed by atoms with van der Waals surface area (Å²) in [5.74, 6) is 0. The largest absolute Gasteiger partial charge is 0.320 e. The van der Waals surface area contributed by atoms with Crippen LogP contribution in [0.3, 0.4) is 0 Å². The third-order valence-corrected chi connectivity index (χ3v) is 5.31. The van der Waals surface area contributed by atoms with Gasteiger partial charge in [0, 0.05) is 24.9 Å². The molecule has 0 spiro atoms. The van der Waals surface area contributed by atoms with E-state index in [4.69, 9.17) is 17.3 Å². The van der Waals surface area contributed by atoms with Crippen LogP contribution >= 0.6 is 19.4 Å². The minimum Gasteiger partial charge on any atom is -0.263 e. The summed E-state index contributed by atoms with van der Waals surface area (Å²) in [6.07, 6.45) is 0. The molecule has 0 bridgehead atoms. The van der Waals surface area contributed by atoms with E-state index in [1.807, 2.05) is 32.0 Å². The fourth-order valence-electron chi connectivity index (χ4n) is 1.46. The van der Waals surface area contributed by atoms with Crippen LogP contribution in [0.1, 0.15) is 13.8 Å². The SMILES string of the molecule is CCN(CC)P(N)(=O)N(Cl)c1ccccc1. The Morgan fingerprint density at radius 2 is 1.75 bits per heavy atom. The number of halogens is 1. The molecule has 0 saturated heterocycles. The molecule has 0 fully saturated rings. The Hall–Kier alpha value is -0.540. The third kappa shape index (κ3) is 2.77. The molecule has 6 heteroatoms. The van der Waals surface area contributed by atoms with Crippen molar-refractivity contribution in [3.8, 4) is 0 Å². The standard InChI is InChI=1S/C10H17ClN3OP/c1-3-13(4-2)16(12,15)14(11)10-8-6-5-7-9-10/h5-9H,3-4H2,1-2H3,(H2,12,15). The Balaban J connectivity index is 2.96. The summed E-state index contributed by atoms with van der Waals surface area (Å²) >= 11 is 6.05. The Bertz CT molecular complexity index is 370. The van der Waals surface area contributed by atoms with Crippen LogP contribution in [0.4, 0.5) is 5.69 Å². The van der Waals surface area contributed by atoms with Gasteiger partial charge in [0.15, 0.2) is 0 Å². The highest BCUT2D eigenvalue weighted by Crippen LogP contribution is 2.49. The van der Waals surface area contributed by atoms with Crippen molar-refractivity contribution in [1.82, 2.24) is 4.67 Å². The van der Waals surface area contributed by atoms with E-state index in [0.717, 1.165) is 4.19 Å². The van der Waals surface area contributed by atoms with Crippen molar-refractivity contribution in [1.29, 1.82) is 0 Å². The highest BCUT2D eigenvalue weighted by molar-refractivity contribution is 7.62. The average molecular weight is 262 g/mol. The fraction of sp³-hybridized carbons (Fsp3) is 0.400. The van der Waals surface area contributed by atoms with Gasteiger partial charge in [-0.1, -0.05) is 32.0 Å². The second kappa shape index (κ2) is 5.69.